The van der Waals surface area contributed by atoms with Gasteiger partial charge >= 0.3 is 0 Å². The van der Waals surface area contributed by atoms with Crippen molar-refractivity contribution in [3.8, 4) is 0 Å². The molecule has 1 rings (SSSR count). The van der Waals surface area contributed by atoms with Gasteiger partial charge in [-0.3, -0.25) is 14.5 Å². The molecular formula is C12H20ClNO2. The van der Waals surface area contributed by atoms with Crippen LogP contribution in [0, 0.1) is 11.8 Å². The van der Waals surface area contributed by atoms with E-state index in [9.17, 15) is 9.59 Å². The average molecular weight is 246 g/mol. The first-order chi connectivity index (χ1) is 7.56. The highest BCUT2D eigenvalue weighted by molar-refractivity contribution is 6.17. The van der Waals surface area contributed by atoms with Gasteiger partial charge in [0.15, 0.2) is 0 Å². The van der Waals surface area contributed by atoms with Crippen molar-refractivity contribution in [2.75, 3.05) is 12.4 Å². The molecule has 1 saturated heterocycles. The molecular weight excluding hydrogens is 226 g/mol. The molecule has 0 aromatic carbocycles. The van der Waals surface area contributed by atoms with Gasteiger partial charge in [-0.2, -0.15) is 0 Å². The molecule has 0 saturated carbocycles. The molecule has 0 aromatic rings. The Morgan fingerprint density at radius 3 is 2.69 bits per heavy atom. The third-order valence-corrected chi connectivity index (χ3v) is 3.44. The van der Waals surface area contributed by atoms with E-state index >= 15 is 0 Å². The summed E-state index contributed by atoms with van der Waals surface area (Å²) < 4.78 is 0. The molecule has 1 unspecified atom stereocenters. The summed E-state index contributed by atoms with van der Waals surface area (Å²) in [7, 11) is 0. The lowest BCUT2D eigenvalue weighted by atomic mass is 9.95. The van der Waals surface area contributed by atoms with Gasteiger partial charge in [0.2, 0.25) is 11.8 Å². The van der Waals surface area contributed by atoms with Crippen LogP contribution in [0.1, 0.15) is 39.5 Å². The topological polar surface area (TPSA) is 37.4 Å². The average Bonchev–Trinajstić information content (AvgIpc) is 2.61. The Labute approximate surface area is 102 Å². The van der Waals surface area contributed by atoms with E-state index in [-0.39, 0.29) is 11.8 Å². The van der Waals surface area contributed by atoms with Gasteiger partial charge in [0, 0.05) is 25.3 Å². The van der Waals surface area contributed by atoms with Crippen molar-refractivity contribution in [2.45, 2.75) is 39.5 Å². The van der Waals surface area contributed by atoms with Crippen molar-refractivity contribution in [3.63, 3.8) is 0 Å². The maximum atomic E-state index is 11.8. The minimum absolute atomic E-state index is 0.00502. The molecule has 0 aromatic heterocycles. The molecule has 2 amide bonds. The SMILES string of the molecule is CC(C)C1CC(=O)N(C(=O)CCCCCl)C1. The van der Waals surface area contributed by atoms with E-state index in [1.165, 1.54) is 4.90 Å². The molecule has 1 aliphatic heterocycles. The number of hydrogen-bond donors (Lipinski definition) is 0. The number of alkyl halides is 1. The van der Waals surface area contributed by atoms with Crippen LogP contribution in [-0.2, 0) is 9.59 Å². The highest BCUT2D eigenvalue weighted by atomic mass is 35.5. The zero-order valence-corrected chi connectivity index (χ0v) is 10.8. The van der Waals surface area contributed by atoms with E-state index in [4.69, 9.17) is 11.6 Å². The number of nitrogens with zero attached hydrogens (tertiary/aromatic N) is 1. The zero-order chi connectivity index (χ0) is 12.1. The Morgan fingerprint density at radius 2 is 2.19 bits per heavy atom. The van der Waals surface area contributed by atoms with Crippen LogP contribution in [0.3, 0.4) is 0 Å². The van der Waals surface area contributed by atoms with Gasteiger partial charge in [0.05, 0.1) is 0 Å². The molecule has 1 fully saturated rings. The Hall–Kier alpha value is -0.570. The minimum Gasteiger partial charge on any atom is -0.282 e. The number of imide groups is 1. The number of carbonyl (C=O) groups is 2. The number of carbonyl (C=O) groups excluding carboxylic acids is 2. The molecule has 4 heteroatoms. The molecule has 0 spiro atoms. The first-order valence-corrected chi connectivity index (χ1v) is 6.49. The van der Waals surface area contributed by atoms with Crippen molar-refractivity contribution in [2.24, 2.45) is 11.8 Å². The second-order valence-electron chi connectivity index (χ2n) is 4.75. The molecule has 92 valence electrons. The Bertz CT molecular complexity index is 266. The molecule has 0 aliphatic carbocycles. The number of hydrogen-bond acceptors (Lipinski definition) is 2. The second-order valence-corrected chi connectivity index (χ2v) is 5.13. The van der Waals surface area contributed by atoms with Gasteiger partial charge in [-0.1, -0.05) is 13.8 Å². The van der Waals surface area contributed by atoms with Gasteiger partial charge < -0.3 is 0 Å². The van der Waals surface area contributed by atoms with E-state index < -0.39 is 0 Å². The Morgan fingerprint density at radius 1 is 1.50 bits per heavy atom. The lowest BCUT2D eigenvalue weighted by molar-refractivity contribution is -0.141. The number of likely N-dealkylation sites (tertiary alicyclic amines) is 1. The summed E-state index contributed by atoms with van der Waals surface area (Å²) in [4.78, 5) is 24.8. The second kappa shape index (κ2) is 6.24. The van der Waals surface area contributed by atoms with Gasteiger partial charge in [-0.15, -0.1) is 11.6 Å². The predicted molar refractivity (Wildman–Crippen MR) is 64.2 cm³/mol. The van der Waals surface area contributed by atoms with Gasteiger partial charge in [0.25, 0.3) is 0 Å². The first-order valence-electron chi connectivity index (χ1n) is 5.95. The number of amides is 2. The summed E-state index contributed by atoms with van der Waals surface area (Å²) in [5.74, 6) is 1.34. The normalized spacial score (nSPS) is 20.9. The van der Waals surface area contributed by atoms with Crippen LogP contribution in [0.5, 0.6) is 0 Å². The minimum atomic E-state index is -0.0294. The van der Waals surface area contributed by atoms with Crippen molar-refractivity contribution in [3.05, 3.63) is 0 Å². The quantitative estimate of drug-likeness (QED) is 0.551. The van der Waals surface area contributed by atoms with Gasteiger partial charge in [-0.05, 0) is 24.7 Å². The van der Waals surface area contributed by atoms with E-state index in [1.807, 2.05) is 0 Å². The number of rotatable bonds is 5. The summed E-state index contributed by atoms with van der Waals surface area (Å²) in [6.45, 7) is 4.80. The van der Waals surface area contributed by atoms with E-state index in [2.05, 4.69) is 13.8 Å². The molecule has 1 atom stereocenters. The van der Waals surface area contributed by atoms with Crippen LogP contribution in [0.2, 0.25) is 0 Å². The molecule has 1 aliphatic rings. The van der Waals surface area contributed by atoms with Crippen LogP contribution in [-0.4, -0.2) is 29.1 Å². The Balaban J connectivity index is 2.42. The zero-order valence-electron chi connectivity index (χ0n) is 10.0. The third kappa shape index (κ3) is 3.48. The fourth-order valence-electron chi connectivity index (χ4n) is 1.93. The summed E-state index contributed by atoms with van der Waals surface area (Å²) in [5.41, 5.74) is 0. The van der Waals surface area contributed by atoms with Crippen LogP contribution in [0.15, 0.2) is 0 Å². The predicted octanol–water partition coefficient (Wildman–Crippen LogP) is 2.43. The molecule has 0 N–H and O–H groups in total. The fraction of sp³-hybridized carbons (Fsp3) is 0.833. The van der Waals surface area contributed by atoms with E-state index in [0.29, 0.717) is 37.1 Å². The maximum Gasteiger partial charge on any atom is 0.229 e. The molecule has 0 radical (unpaired) electrons. The van der Waals surface area contributed by atoms with Crippen LogP contribution >= 0.6 is 11.6 Å². The summed E-state index contributed by atoms with van der Waals surface area (Å²) in [6.07, 6.45) is 2.59. The van der Waals surface area contributed by atoms with E-state index in [0.717, 1.165) is 12.8 Å². The van der Waals surface area contributed by atoms with Crippen molar-refractivity contribution in [1.29, 1.82) is 0 Å². The third-order valence-electron chi connectivity index (χ3n) is 3.17. The van der Waals surface area contributed by atoms with Crippen molar-refractivity contribution in [1.82, 2.24) is 4.90 Å². The number of unbranched alkanes of at least 4 members (excludes halogenated alkanes) is 1. The lowest BCUT2D eigenvalue weighted by Crippen LogP contribution is -2.32. The molecule has 16 heavy (non-hydrogen) atoms. The molecule has 0 bridgehead atoms. The standard InChI is InChI=1S/C12H20ClNO2/c1-9(2)10-7-12(16)14(8-10)11(15)5-3-4-6-13/h9-10H,3-8H2,1-2H3. The monoisotopic (exact) mass is 245 g/mol. The molecule has 1 heterocycles. The van der Waals surface area contributed by atoms with Crippen LogP contribution in [0.25, 0.3) is 0 Å². The smallest absolute Gasteiger partial charge is 0.229 e. The first kappa shape index (κ1) is 13.5. The fourth-order valence-corrected chi connectivity index (χ4v) is 2.12. The lowest BCUT2D eigenvalue weighted by Gasteiger charge is -2.16. The van der Waals surface area contributed by atoms with Crippen molar-refractivity contribution < 1.29 is 9.59 Å². The van der Waals surface area contributed by atoms with Gasteiger partial charge in [0.1, 0.15) is 0 Å². The van der Waals surface area contributed by atoms with Crippen LogP contribution < -0.4 is 0 Å². The number of halogens is 1. The maximum absolute atomic E-state index is 11.8. The van der Waals surface area contributed by atoms with Crippen LogP contribution in [0.4, 0.5) is 0 Å². The highest BCUT2D eigenvalue weighted by Gasteiger charge is 2.34. The Kier molecular flexibility index (Phi) is 5.26. The summed E-state index contributed by atoms with van der Waals surface area (Å²) >= 11 is 5.55. The van der Waals surface area contributed by atoms with E-state index in [1.54, 1.807) is 0 Å². The molecule has 3 nitrogen and oxygen atoms in total. The van der Waals surface area contributed by atoms with Gasteiger partial charge in [-0.25, -0.2) is 0 Å². The van der Waals surface area contributed by atoms with Crippen molar-refractivity contribution >= 4 is 23.4 Å². The summed E-state index contributed by atoms with van der Waals surface area (Å²) in [6, 6.07) is 0. The largest absolute Gasteiger partial charge is 0.282 e. The highest BCUT2D eigenvalue weighted by Crippen LogP contribution is 2.25. The summed E-state index contributed by atoms with van der Waals surface area (Å²) in [5, 5.41) is 0.